The highest BCUT2D eigenvalue weighted by molar-refractivity contribution is 5.67. The van der Waals surface area contributed by atoms with Crippen LogP contribution >= 0.6 is 0 Å². The van der Waals surface area contributed by atoms with Crippen molar-refractivity contribution < 1.29 is 5.11 Å². The molecule has 1 heterocycles. The van der Waals surface area contributed by atoms with Crippen molar-refractivity contribution in [2.75, 3.05) is 0 Å². The molecule has 1 aliphatic carbocycles. The van der Waals surface area contributed by atoms with Crippen LogP contribution in [0.1, 0.15) is 37.6 Å². The second-order valence-corrected chi connectivity index (χ2v) is 6.26. The number of hydrogen-bond donors (Lipinski definition) is 2. The van der Waals surface area contributed by atoms with Crippen molar-refractivity contribution in [1.82, 2.24) is 9.97 Å². The van der Waals surface area contributed by atoms with Gasteiger partial charge in [-0.3, -0.25) is 4.79 Å². The van der Waals surface area contributed by atoms with E-state index in [2.05, 4.69) is 23.8 Å². The first-order valence-corrected chi connectivity index (χ1v) is 6.79. The number of H-pyrrole nitrogens is 1. The Hall–Kier alpha value is -2.10. The Morgan fingerprint density at radius 2 is 1.90 bits per heavy atom. The fourth-order valence-corrected chi connectivity index (χ4v) is 2.56. The van der Waals surface area contributed by atoms with Crippen LogP contribution in [0.2, 0.25) is 0 Å². The minimum absolute atomic E-state index is 0.160. The largest absolute Gasteiger partial charge is 0.493 e. The Kier molecular flexibility index (Phi) is 2.71. The molecular formula is C16H18N2O2. The van der Waals surface area contributed by atoms with Crippen LogP contribution in [0.3, 0.4) is 0 Å². The van der Waals surface area contributed by atoms with Gasteiger partial charge in [-0.05, 0) is 24.3 Å². The van der Waals surface area contributed by atoms with E-state index in [1.165, 1.54) is 0 Å². The van der Waals surface area contributed by atoms with Gasteiger partial charge < -0.3 is 10.1 Å². The normalized spacial score (nSPS) is 19.9. The third-order valence-electron chi connectivity index (χ3n) is 4.10. The molecule has 1 aromatic heterocycles. The van der Waals surface area contributed by atoms with E-state index >= 15 is 0 Å². The molecule has 104 valence electrons. The Morgan fingerprint density at radius 1 is 1.30 bits per heavy atom. The number of aryl methyl sites for hydroxylation is 1. The minimum Gasteiger partial charge on any atom is -0.493 e. The summed E-state index contributed by atoms with van der Waals surface area (Å²) in [6.07, 6.45) is 0.985. The lowest BCUT2D eigenvalue weighted by molar-refractivity contribution is 0.448. The van der Waals surface area contributed by atoms with Crippen LogP contribution < -0.4 is 5.56 Å². The third kappa shape index (κ3) is 2.11. The summed E-state index contributed by atoms with van der Waals surface area (Å²) in [6, 6.07) is 7.46. The molecule has 0 bridgehead atoms. The maximum absolute atomic E-state index is 12.2. The van der Waals surface area contributed by atoms with E-state index in [1.54, 1.807) is 0 Å². The fraction of sp³-hybridized carbons (Fsp3) is 0.375. The smallest absolute Gasteiger partial charge is 0.262 e. The molecule has 1 aliphatic rings. The number of benzene rings is 1. The number of aromatic nitrogens is 2. The van der Waals surface area contributed by atoms with Crippen LogP contribution in [0.5, 0.6) is 5.88 Å². The zero-order valence-corrected chi connectivity index (χ0v) is 11.9. The summed E-state index contributed by atoms with van der Waals surface area (Å²) in [5.41, 5.74) is 1.91. The second kappa shape index (κ2) is 4.20. The number of aromatic hydroxyl groups is 1. The fourth-order valence-electron chi connectivity index (χ4n) is 2.56. The van der Waals surface area contributed by atoms with Gasteiger partial charge in [-0.15, -0.1) is 0 Å². The van der Waals surface area contributed by atoms with Crippen LogP contribution in [0.25, 0.3) is 11.1 Å². The first kappa shape index (κ1) is 12.9. The molecule has 4 nitrogen and oxygen atoms in total. The van der Waals surface area contributed by atoms with Gasteiger partial charge >= 0.3 is 0 Å². The molecule has 3 rings (SSSR count). The van der Waals surface area contributed by atoms with E-state index in [-0.39, 0.29) is 28.3 Å². The predicted octanol–water partition coefficient (Wildman–Crippen LogP) is 2.96. The quantitative estimate of drug-likeness (QED) is 0.881. The summed E-state index contributed by atoms with van der Waals surface area (Å²) in [7, 11) is 0. The Balaban J connectivity index is 2.06. The second-order valence-electron chi connectivity index (χ2n) is 6.26. The summed E-state index contributed by atoms with van der Waals surface area (Å²) >= 11 is 0. The molecule has 0 radical (unpaired) electrons. The average Bonchev–Trinajstić information content (AvgIpc) is 3.00. The first-order chi connectivity index (χ1) is 9.38. The number of rotatable bonds is 2. The molecule has 20 heavy (non-hydrogen) atoms. The van der Waals surface area contributed by atoms with Crippen LogP contribution in [0, 0.1) is 12.3 Å². The lowest BCUT2D eigenvalue weighted by atomic mass is 10.1. The third-order valence-corrected chi connectivity index (χ3v) is 4.10. The van der Waals surface area contributed by atoms with Gasteiger partial charge in [0.1, 0.15) is 11.4 Å². The Bertz CT molecular complexity index is 714. The van der Waals surface area contributed by atoms with Gasteiger partial charge in [0.25, 0.3) is 5.56 Å². The summed E-state index contributed by atoms with van der Waals surface area (Å²) < 4.78 is 0. The van der Waals surface area contributed by atoms with Crippen molar-refractivity contribution in [3.63, 3.8) is 0 Å². The molecule has 4 heteroatoms. The molecule has 1 aromatic carbocycles. The molecule has 0 saturated heterocycles. The van der Waals surface area contributed by atoms with Gasteiger partial charge in [-0.1, -0.05) is 43.7 Å². The monoisotopic (exact) mass is 270 g/mol. The molecule has 1 unspecified atom stereocenters. The van der Waals surface area contributed by atoms with Crippen molar-refractivity contribution >= 4 is 0 Å². The first-order valence-electron chi connectivity index (χ1n) is 6.79. The van der Waals surface area contributed by atoms with E-state index < -0.39 is 0 Å². The number of nitrogens with one attached hydrogen (secondary N) is 1. The molecule has 0 amide bonds. The molecule has 2 aromatic rings. The summed E-state index contributed by atoms with van der Waals surface area (Å²) in [6.45, 7) is 6.23. The van der Waals surface area contributed by atoms with E-state index in [1.807, 2.05) is 31.2 Å². The van der Waals surface area contributed by atoms with Crippen molar-refractivity contribution in [2.24, 2.45) is 5.41 Å². The standard InChI is InChI=1S/C16H18N2O2/c1-9-4-6-10(7-5-9)12-14(19)17-13(18-15(12)20)11-8-16(11,2)3/h4-7,11H,8H2,1-3H3,(H2,17,18,19,20). The van der Waals surface area contributed by atoms with E-state index in [9.17, 15) is 9.90 Å². The van der Waals surface area contributed by atoms with Gasteiger partial charge in [-0.25, -0.2) is 0 Å². The van der Waals surface area contributed by atoms with Gasteiger partial charge in [0.2, 0.25) is 5.88 Å². The SMILES string of the molecule is Cc1ccc(-c2c(O)nc(C3CC3(C)C)[nH]c2=O)cc1. The van der Waals surface area contributed by atoms with Crippen LogP contribution in [0.4, 0.5) is 0 Å². The molecule has 1 fully saturated rings. The molecular weight excluding hydrogens is 252 g/mol. The lowest BCUT2D eigenvalue weighted by Crippen LogP contribution is -2.14. The highest BCUT2D eigenvalue weighted by Gasteiger charge is 2.48. The van der Waals surface area contributed by atoms with E-state index in [0.29, 0.717) is 11.4 Å². The zero-order valence-electron chi connectivity index (χ0n) is 11.9. The van der Waals surface area contributed by atoms with Crippen molar-refractivity contribution in [1.29, 1.82) is 0 Å². The highest BCUT2D eigenvalue weighted by atomic mass is 16.3. The van der Waals surface area contributed by atoms with Crippen LogP contribution in [0.15, 0.2) is 29.1 Å². The minimum atomic E-state index is -0.279. The molecule has 2 N–H and O–H groups in total. The molecule has 0 aliphatic heterocycles. The van der Waals surface area contributed by atoms with E-state index in [4.69, 9.17) is 0 Å². The number of hydrogen-bond acceptors (Lipinski definition) is 3. The predicted molar refractivity (Wildman–Crippen MR) is 77.8 cm³/mol. The summed E-state index contributed by atoms with van der Waals surface area (Å²) in [4.78, 5) is 19.2. The van der Waals surface area contributed by atoms with Gasteiger partial charge in [0.15, 0.2) is 0 Å². The van der Waals surface area contributed by atoms with Gasteiger partial charge in [0.05, 0.1) is 0 Å². The maximum atomic E-state index is 12.2. The van der Waals surface area contributed by atoms with Crippen LogP contribution in [-0.4, -0.2) is 15.1 Å². The summed E-state index contributed by atoms with van der Waals surface area (Å²) in [5, 5.41) is 10.1. The topological polar surface area (TPSA) is 66.0 Å². The number of aromatic amines is 1. The van der Waals surface area contributed by atoms with Gasteiger partial charge in [0, 0.05) is 5.92 Å². The van der Waals surface area contributed by atoms with Crippen molar-refractivity contribution in [2.45, 2.75) is 33.1 Å². The van der Waals surface area contributed by atoms with Crippen molar-refractivity contribution in [3.05, 3.63) is 46.0 Å². The van der Waals surface area contributed by atoms with E-state index in [0.717, 1.165) is 12.0 Å². The average molecular weight is 270 g/mol. The molecule has 1 saturated carbocycles. The van der Waals surface area contributed by atoms with Crippen LogP contribution in [-0.2, 0) is 0 Å². The highest BCUT2D eigenvalue weighted by Crippen LogP contribution is 2.57. The number of nitrogens with zero attached hydrogens (tertiary/aromatic N) is 1. The maximum Gasteiger partial charge on any atom is 0.262 e. The zero-order chi connectivity index (χ0) is 14.5. The van der Waals surface area contributed by atoms with Crippen molar-refractivity contribution in [3.8, 4) is 17.0 Å². The summed E-state index contributed by atoms with van der Waals surface area (Å²) in [5.74, 6) is 0.636. The van der Waals surface area contributed by atoms with Gasteiger partial charge in [-0.2, -0.15) is 4.98 Å². The Morgan fingerprint density at radius 3 is 2.40 bits per heavy atom. The molecule has 0 spiro atoms. The Labute approximate surface area is 117 Å². The lowest BCUT2D eigenvalue weighted by Gasteiger charge is -2.07. The molecule has 1 atom stereocenters.